The molecule has 1 atom stereocenters. The van der Waals surface area contributed by atoms with Crippen LogP contribution in [0.15, 0.2) is 23.2 Å². The highest BCUT2D eigenvalue weighted by Crippen LogP contribution is 2.26. The first-order chi connectivity index (χ1) is 13.2. The lowest BCUT2D eigenvalue weighted by Crippen LogP contribution is -2.40. The second kappa shape index (κ2) is 10.2. The Hall–Kier alpha value is -1.47. The van der Waals surface area contributed by atoms with Crippen LogP contribution < -0.4 is 15.5 Å². The van der Waals surface area contributed by atoms with Crippen molar-refractivity contribution in [2.45, 2.75) is 50.5 Å². The summed E-state index contributed by atoms with van der Waals surface area (Å²) < 4.78 is 14.6. The van der Waals surface area contributed by atoms with Crippen molar-refractivity contribution in [3.8, 4) is 0 Å². The average Bonchev–Trinajstić information content (AvgIpc) is 3.19. The Morgan fingerprint density at radius 2 is 2.11 bits per heavy atom. The molecule has 3 N–H and O–H groups in total. The number of anilines is 1. The lowest BCUT2D eigenvalue weighted by molar-refractivity contribution is 0.145. The molecular formula is C20H31FN4OS. The molecule has 0 bridgehead atoms. The fourth-order valence-corrected chi connectivity index (χ4v) is 4.74. The predicted octanol–water partition coefficient (Wildman–Crippen LogP) is 2.74. The monoisotopic (exact) mass is 394 g/mol. The van der Waals surface area contributed by atoms with Gasteiger partial charge < -0.3 is 20.6 Å². The third-order valence-corrected chi connectivity index (χ3v) is 6.50. The number of rotatable bonds is 6. The quantitative estimate of drug-likeness (QED) is 0.512. The maximum absolute atomic E-state index is 14.6. The van der Waals surface area contributed by atoms with Gasteiger partial charge in [-0.05, 0) is 56.1 Å². The van der Waals surface area contributed by atoms with Gasteiger partial charge in [0.25, 0.3) is 0 Å². The van der Waals surface area contributed by atoms with Crippen molar-refractivity contribution in [3.05, 3.63) is 29.6 Å². The maximum atomic E-state index is 14.6. The van der Waals surface area contributed by atoms with E-state index in [2.05, 4.69) is 15.6 Å². The topological polar surface area (TPSA) is 59.9 Å². The van der Waals surface area contributed by atoms with Gasteiger partial charge in [-0.15, -0.1) is 0 Å². The molecular weight excluding hydrogens is 363 g/mol. The van der Waals surface area contributed by atoms with Gasteiger partial charge in [-0.3, -0.25) is 0 Å². The van der Waals surface area contributed by atoms with Gasteiger partial charge in [-0.2, -0.15) is 11.8 Å². The third-order valence-electron chi connectivity index (χ3n) is 5.10. The van der Waals surface area contributed by atoms with Crippen LogP contribution in [0, 0.1) is 5.82 Å². The van der Waals surface area contributed by atoms with Crippen LogP contribution in [0.1, 0.15) is 38.2 Å². The number of thioether (sulfide) groups is 1. The summed E-state index contributed by atoms with van der Waals surface area (Å²) in [4.78, 5) is 6.62. The highest BCUT2D eigenvalue weighted by Gasteiger charge is 2.20. The van der Waals surface area contributed by atoms with Gasteiger partial charge in [0.2, 0.25) is 0 Å². The number of halogens is 1. The zero-order valence-electron chi connectivity index (χ0n) is 16.1. The minimum Gasteiger partial charge on any atom is -0.393 e. The molecule has 2 saturated heterocycles. The van der Waals surface area contributed by atoms with Crippen LogP contribution in [0.5, 0.6) is 0 Å². The highest BCUT2D eigenvalue weighted by molar-refractivity contribution is 8.00. The zero-order chi connectivity index (χ0) is 19.1. The molecule has 3 rings (SSSR count). The summed E-state index contributed by atoms with van der Waals surface area (Å²) in [7, 11) is 0. The number of benzene rings is 1. The van der Waals surface area contributed by atoms with Gasteiger partial charge in [0, 0.05) is 31.4 Å². The highest BCUT2D eigenvalue weighted by atomic mass is 32.2. The number of hydrogen-bond acceptors (Lipinski definition) is 4. The number of hydrogen-bond donors (Lipinski definition) is 3. The minimum absolute atomic E-state index is 0.209. The number of nitrogens with zero attached hydrogens (tertiary/aromatic N) is 2. The van der Waals surface area contributed by atoms with E-state index < -0.39 is 0 Å². The number of aliphatic hydroxyl groups is 1. The molecule has 2 fully saturated rings. The fraction of sp³-hybridized carbons (Fsp3) is 0.650. The van der Waals surface area contributed by atoms with Crippen LogP contribution in [-0.2, 0) is 6.54 Å². The fourth-order valence-electron chi connectivity index (χ4n) is 3.54. The summed E-state index contributed by atoms with van der Waals surface area (Å²) in [6, 6.07) is 5.37. The first kappa shape index (κ1) is 20.3. The lowest BCUT2D eigenvalue weighted by Gasteiger charge is -2.31. The molecule has 2 aliphatic heterocycles. The van der Waals surface area contributed by atoms with Crippen molar-refractivity contribution in [1.82, 2.24) is 10.6 Å². The number of piperidine rings is 1. The van der Waals surface area contributed by atoms with Crippen molar-refractivity contribution in [1.29, 1.82) is 0 Å². The Morgan fingerprint density at radius 3 is 2.78 bits per heavy atom. The smallest absolute Gasteiger partial charge is 0.191 e. The first-order valence-electron chi connectivity index (χ1n) is 10.0. The molecule has 0 aromatic heterocycles. The third kappa shape index (κ3) is 6.01. The van der Waals surface area contributed by atoms with E-state index >= 15 is 0 Å². The normalized spacial score (nSPS) is 21.5. The first-order valence-corrected chi connectivity index (χ1v) is 11.1. The van der Waals surface area contributed by atoms with E-state index in [1.165, 1.54) is 18.6 Å². The number of guanidine groups is 1. The van der Waals surface area contributed by atoms with Crippen LogP contribution in [0.25, 0.3) is 0 Å². The summed E-state index contributed by atoms with van der Waals surface area (Å²) in [5.74, 6) is 1.83. The van der Waals surface area contributed by atoms with Crippen LogP contribution in [-0.4, -0.2) is 54.4 Å². The van der Waals surface area contributed by atoms with Gasteiger partial charge >= 0.3 is 0 Å². The van der Waals surface area contributed by atoms with Crippen molar-refractivity contribution in [2.24, 2.45) is 4.99 Å². The van der Waals surface area contributed by atoms with Crippen molar-refractivity contribution in [3.63, 3.8) is 0 Å². The number of nitrogens with one attached hydrogen (secondary N) is 2. The molecule has 0 saturated carbocycles. The summed E-state index contributed by atoms with van der Waals surface area (Å²) in [5, 5.41) is 16.9. The van der Waals surface area contributed by atoms with E-state index in [0.29, 0.717) is 43.4 Å². The Morgan fingerprint density at radius 1 is 1.30 bits per heavy atom. The van der Waals surface area contributed by atoms with Crippen molar-refractivity contribution < 1.29 is 9.50 Å². The molecule has 1 aromatic rings. The van der Waals surface area contributed by atoms with Gasteiger partial charge in [0.1, 0.15) is 5.82 Å². The van der Waals surface area contributed by atoms with E-state index in [0.717, 1.165) is 24.6 Å². The number of aliphatic imine (C=N–C) groups is 1. The molecule has 27 heavy (non-hydrogen) atoms. The Kier molecular flexibility index (Phi) is 7.64. The van der Waals surface area contributed by atoms with E-state index in [4.69, 9.17) is 0 Å². The molecule has 0 spiro atoms. The van der Waals surface area contributed by atoms with Gasteiger partial charge in [0.05, 0.1) is 18.3 Å². The molecule has 0 amide bonds. The molecule has 2 aliphatic rings. The van der Waals surface area contributed by atoms with Gasteiger partial charge in [-0.25, -0.2) is 9.38 Å². The molecule has 5 nitrogen and oxygen atoms in total. The molecule has 1 aromatic carbocycles. The molecule has 1 unspecified atom stereocenters. The molecule has 7 heteroatoms. The molecule has 150 valence electrons. The lowest BCUT2D eigenvalue weighted by atomic mass is 10.1. The summed E-state index contributed by atoms with van der Waals surface area (Å²) in [6.45, 7) is 5.61. The second-order valence-electron chi connectivity index (χ2n) is 7.22. The maximum Gasteiger partial charge on any atom is 0.191 e. The van der Waals surface area contributed by atoms with E-state index in [1.807, 2.05) is 35.7 Å². The van der Waals surface area contributed by atoms with E-state index in [9.17, 15) is 9.50 Å². The van der Waals surface area contributed by atoms with E-state index in [-0.39, 0.29) is 11.9 Å². The Labute approximate surface area is 165 Å². The minimum atomic E-state index is -0.252. The zero-order valence-corrected chi connectivity index (χ0v) is 16.9. The van der Waals surface area contributed by atoms with Crippen LogP contribution in [0.3, 0.4) is 0 Å². The largest absolute Gasteiger partial charge is 0.393 e. The summed E-state index contributed by atoms with van der Waals surface area (Å²) in [5.41, 5.74) is 1.48. The average molecular weight is 395 g/mol. The SMILES string of the molecule is CCNC(=NCc1ccc(N2CCC(O)CC2)c(F)c1)NCC1CCCS1. The molecule has 0 aliphatic carbocycles. The van der Waals surface area contributed by atoms with Crippen molar-refractivity contribution in [2.75, 3.05) is 36.8 Å². The Bertz CT molecular complexity index is 628. The van der Waals surface area contributed by atoms with Gasteiger partial charge in [-0.1, -0.05) is 6.07 Å². The van der Waals surface area contributed by atoms with Gasteiger partial charge in [0.15, 0.2) is 5.96 Å². The number of aliphatic hydroxyl groups excluding tert-OH is 1. The van der Waals surface area contributed by atoms with E-state index in [1.54, 1.807) is 6.07 Å². The predicted molar refractivity (Wildman–Crippen MR) is 112 cm³/mol. The Balaban J connectivity index is 1.57. The van der Waals surface area contributed by atoms with Crippen LogP contribution in [0.2, 0.25) is 0 Å². The molecule has 0 radical (unpaired) electrons. The van der Waals surface area contributed by atoms with Crippen LogP contribution in [0.4, 0.5) is 10.1 Å². The standard InChI is InChI=1S/C20H31FN4OS/c1-2-22-20(24-14-17-4-3-11-27-17)23-13-15-5-6-19(18(21)12-15)25-9-7-16(26)8-10-25/h5-6,12,16-17,26H,2-4,7-11,13-14H2,1H3,(H2,22,23,24). The second-order valence-corrected chi connectivity index (χ2v) is 8.62. The van der Waals surface area contributed by atoms with Crippen molar-refractivity contribution >= 4 is 23.4 Å². The summed E-state index contributed by atoms with van der Waals surface area (Å²) in [6.07, 6.45) is 3.70. The molecule has 2 heterocycles. The summed E-state index contributed by atoms with van der Waals surface area (Å²) >= 11 is 2.02. The van der Waals surface area contributed by atoms with Crippen LogP contribution >= 0.6 is 11.8 Å².